The van der Waals surface area contributed by atoms with Gasteiger partial charge in [0.25, 0.3) is 0 Å². The Bertz CT molecular complexity index is 108. The Morgan fingerprint density at radius 3 is 2.40 bits per heavy atom. The highest BCUT2D eigenvalue weighted by Crippen LogP contribution is 2.29. The summed E-state index contributed by atoms with van der Waals surface area (Å²) in [5, 5.41) is 7.09. The molecule has 0 unspecified atom stereocenters. The molecule has 0 aromatic rings. The van der Waals surface area contributed by atoms with E-state index in [1.165, 1.54) is 38.8 Å². The summed E-state index contributed by atoms with van der Waals surface area (Å²) >= 11 is 0. The van der Waals surface area contributed by atoms with Crippen LogP contribution in [0.25, 0.3) is 0 Å². The maximum Gasteiger partial charge on any atom is 0.0306 e. The molecule has 10 heavy (non-hydrogen) atoms. The van der Waals surface area contributed by atoms with Crippen LogP contribution in [0.15, 0.2) is 0 Å². The quantitative estimate of drug-likeness (QED) is 0.512. The van der Waals surface area contributed by atoms with Crippen LogP contribution in [0.2, 0.25) is 0 Å². The molecular formula is C8H16N2. The van der Waals surface area contributed by atoms with Gasteiger partial charge >= 0.3 is 0 Å². The average molecular weight is 140 g/mol. The Labute approximate surface area is 62.4 Å². The van der Waals surface area contributed by atoms with Crippen molar-refractivity contribution >= 4 is 0 Å². The summed E-state index contributed by atoms with van der Waals surface area (Å²) in [6.07, 6.45) is 5.63. The smallest absolute Gasteiger partial charge is 0.0306 e. The van der Waals surface area contributed by atoms with E-state index in [0.29, 0.717) is 5.54 Å². The Morgan fingerprint density at radius 1 is 1.00 bits per heavy atom. The normalized spacial score (nSPS) is 31.2. The first-order valence-electron chi connectivity index (χ1n) is 4.37. The van der Waals surface area contributed by atoms with E-state index in [1.807, 2.05) is 0 Å². The fourth-order valence-corrected chi connectivity index (χ4v) is 2.21. The first-order chi connectivity index (χ1) is 4.91. The summed E-state index contributed by atoms with van der Waals surface area (Å²) in [5.41, 5.74) is 0.512. The molecule has 0 aromatic heterocycles. The van der Waals surface area contributed by atoms with Crippen LogP contribution in [0.1, 0.15) is 25.7 Å². The van der Waals surface area contributed by atoms with Crippen molar-refractivity contribution in [1.29, 1.82) is 0 Å². The lowest BCUT2D eigenvalue weighted by molar-refractivity contribution is 0.278. The van der Waals surface area contributed by atoms with Crippen molar-refractivity contribution in [2.24, 2.45) is 0 Å². The van der Waals surface area contributed by atoms with E-state index in [0.717, 1.165) is 6.54 Å². The van der Waals surface area contributed by atoms with Gasteiger partial charge in [-0.3, -0.25) is 0 Å². The molecule has 1 aliphatic heterocycles. The molecule has 0 amide bonds. The number of hydrogen-bond donors (Lipinski definition) is 2. The standard InChI is InChI=1S/C8H16N2/c1-2-4-8(3-1)7-9-5-6-10-8/h9-10H,1-7H2. The summed E-state index contributed by atoms with van der Waals surface area (Å²) in [4.78, 5) is 0. The second kappa shape index (κ2) is 2.51. The Hall–Kier alpha value is -0.0800. The van der Waals surface area contributed by atoms with Crippen LogP contribution in [0.5, 0.6) is 0 Å². The zero-order valence-electron chi connectivity index (χ0n) is 6.45. The number of hydrogen-bond acceptors (Lipinski definition) is 2. The maximum absolute atomic E-state index is 3.63. The van der Waals surface area contributed by atoms with Gasteiger partial charge in [-0.2, -0.15) is 0 Å². The molecule has 1 saturated carbocycles. The van der Waals surface area contributed by atoms with Crippen LogP contribution in [-0.4, -0.2) is 25.2 Å². The number of nitrogens with one attached hydrogen (secondary N) is 2. The highest BCUT2D eigenvalue weighted by atomic mass is 15.1. The third kappa shape index (κ3) is 1.06. The van der Waals surface area contributed by atoms with Crippen LogP contribution < -0.4 is 10.6 Å². The molecule has 2 heteroatoms. The van der Waals surface area contributed by atoms with E-state index in [2.05, 4.69) is 10.6 Å². The van der Waals surface area contributed by atoms with Gasteiger partial charge in [-0.1, -0.05) is 12.8 Å². The molecule has 58 valence electrons. The predicted molar refractivity (Wildman–Crippen MR) is 42.1 cm³/mol. The fourth-order valence-electron chi connectivity index (χ4n) is 2.21. The zero-order valence-corrected chi connectivity index (χ0v) is 6.45. The Kier molecular flexibility index (Phi) is 1.66. The molecule has 2 aliphatic rings. The third-order valence-corrected chi connectivity index (χ3v) is 2.83. The van der Waals surface area contributed by atoms with E-state index in [9.17, 15) is 0 Å². The molecule has 1 aliphatic carbocycles. The van der Waals surface area contributed by atoms with Gasteiger partial charge in [0.2, 0.25) is 0 Å². The number of piperazine rings is 1. The number of rotatable bonds is 0. The SMILES string of the molecule is C1CCC2(C1)CNCCN2. The summed E-state index contributed by atoms with van der Waals surface area (Å²) in [7, 11) is 0. The van der Waals surface area contributed by atoms with Crippen molar-refractivity contribution < 1.29 is 0 Å². The molecule has 0 atom stereocenters. The van der Waals surface area contributed by atoms with E-state index in [4.69, 9.17) is 0 Å². The second-order valence-electron chi connectivity index (χ2n) is 3.59. The molecule has 0 bridgehead atoms. The largest absolute Gasteiger partial charge is 0.314 e. The van der Waals surface area contributed by atoms with E-state index >= 15 is 0 Å². The van der Waals surface area contributed by atoms with Gasteiger partial charge in [-0.25, -0.2) is 0 Å². The summed E-state index contributed by atoms with van der Waals surface area (Å²) in [6, 6.07) is 0. The van der Waals surface area contributed by atoms with Crippen molar-refractivity contribution in [3.8, 4) is 0 Å². The van der Waals surface area contributed by atoms with Crippen molar-refractivity contribution in [1.82, 2.24) is 10.6 Å². The van der Waals surface area contributed by atoms with Crippen molar-refractivity contribution in [3.63, 3.8) is 0 Å². The van der Waals surface area contributed by atoms with Crippen LogP contribution in [0.3, 0.4) is 0 Å². The molecule has 1 heterocycles. The van der Waals surface area contributed by atoms with E-state index in [1.54, 1.807) is 0 Å². The summed E-state index contributed by atoms with van der Waals surface area (Å²) < 4.78 is 0. The van der Waals surface area contributed by atoms with Gasteiger partial charge in [-0.05, 0) is 12.8 Å². The molecule has 0 radical (unpaired) electrons. The molecule has 2 nitrogen and oxygen atoms in total. The van der Waals surface area contributed by atoms with Crippen molar-refractivity contribution in [2.75, 3.05) is 19.6 Å². The lowest BCUT2D eigenvalue weighted by Crippen LogP contribution is -2.57. The highest BCUT2D eigenvalue weighted by molar-refractivity contribution is 4.96. The Balaban J connectivity index is 1.98. The predicted octanol–water partition coefficient (Wildman–Crippen LogP) is 0.492. The molecule has 1 spiro atoms. The lowest BCUT2D eigenvalue weighted by Gasteiger charge is -2.35. The van der Waals surface area contributed by atoms with Crippen LogP contribution in [-0.2, 0) is 0 Å². The molecule has 2 rings (SSSR count). The monoisotopic (exact) mass is 140 g/mol. The van der Waals surface area contributed by atoms with Crippen molar-refractivity contribution in [2.45, 2.75) is 31.2 Å². The highest BCUT2D eigenvalue weighted by Gasteiger charge is 2.34. The van der Waals surface area contributed by atoms with Crippen LogP contribution >= 0.6 is 0 Å². The minimum Gasteiger partial charge on any atom is -0.314 e. The summed E-state index contributed by atoms with van der Waals surface area (Å²) in [5.74, 6) is 0. The van der Waals surface area contributed by atoms with Crippen LogP contribution in [0.4, 0.5) is 0 Å². The third-order valence-electron chi connectivity index (χ3n) is 2.83. The van der Waals surface area contributed by atoms with Crippen LogP contribution in [0, 0.1) is 0 Å². The van der Waals surface area contributed by atoms with Crippen molar-refractivity contribution in [3.05, 3.63) is 0 Å². The molecular weight excluding hydrogens is 124 g/mol. The summed E-state index contributed by atoms with van der Waals surface area (Å²) in [6.45, 7) is 3.52. The minimum absolute atomic E-state index is 0.512. The molecule has 2 N–H and O–H groups in total. The first-order valence-corrected chi connectivity index (χ1v) is 4.37. The van der Waals surface area contributed by atoms with Gasteiger partial charge in [0.15, 0.2) is 0 Å². The van der Waals surface area contributed by atoms with E-state index < -0.39 is 0 Å². The molecule has 0 aromatic carbocycles. The topological polar surface area (TPSA) is 24.1 Å². The molecule has 2 fully saturated rings. The van der Waals surface area contributed by atoms with Gasteiger partial charge in [0.1, 0.15) is 0 Å². The van der Waals surface area contributed by atoms with E-state index in [-0.39, 0.29) is 0 Å². The maximum atomic E-state index is 3.63. The van der Waals surface area contributed by atoms with Gasteiger partial charge in [0, 0.05) is 25.2 Å². The Morgan fingerprint density at radius 2 is 1.80 bits per heavy atom. The lowest BCUT2D eigenvalue weighted by atomic mass is 9.96. The second-order valence-corrected chi connectivity index (χ2v) is 3.59. The minimum atomic E-state index is 0.512. The van der Waals surface area contributed by atoms with Gasteiger partial charge in [0.05, 0.1) is 0 Å². The zero-order chi connectivity index (χ0) is 6.86. The molecule has 1 saturated heterocycles. The van der Waals surface area contributed by atoms with Gasteiger partial charge in [-0.15, -0.1) is 0 Å². The fraction of sp³-hybridized carbons (Fsp3) is 1.00. The average Bonchev–Trinajstić information content (AvgIpc) is 2.39. The first kappa shape index (κ1) is 6.62. The van der Waals surface area contributed by atoms with Gasteiger partial charge < -0.3 is 10.6 Å².